The van der Waals surface area contributed by atoms with Crippen molar-refractivity contribution in [1.82, 2.24) is 25.6 Å². The Morgan fingerprint density at radius 3 is 2.90 bits per heavy atom. The minimum atomic E-state index is -0.871. The highest BCUT2D eigenvalue weighted by Crippen LogP contribution is 2.47. The van der Waals surface area contributed by atoms with Crippen molar-refractivity contribution in [1.29, 1.82) is 0 Å². The highest BCUT2D eigenvalue weighted by atomic mass is 79.9. The average Bonchev–Trinajstić information content (AvgIpc) is 3.25. The summed E-state index contributed by atoms with van der Waals surface area (Å²) in [6.45, 7) is 3.26. The Labute approximate surface area is 173 Å². The van der Waals surface area contributed by atoms with Crippen molar-refractivity contribution in [2.75, 3.05) is 16.8 Å². The number of halogens is 1. The predicted molar refractivity (Wildman–Crippen MR) is 107 cm³/mol. The first kappa shape index (κ1) is 19.0. The van der Waals surface area contributed by atoms with Gasteiger partial charge in [0.2, 0.25) is 11.8 Å². The van der Waals surface area contributed by atoms with Crippen LogP contribution in [0.4, 0.5) is 11.4 Å². The van der Waals surface area contributed by atoms with E-state index in [9.17, 15) is 14.7 Å². The van der Waals surface area contributed by atoms with E-state index in [0.717, 1.165) is 0 Å². The summed E-state index contributed by atoms with van der Waals surface area (Å²) in [6, 6.07) is 4.88. The van der Waals surface area contributed by atoms with Crippen molar-refractivity contribution in [2.24, 2.45) is 0 Å². The lowest BCUT2D eigenvalue weighted by Gasteiger charge is -2.20. The molecule has 1 aliphatic rings. The number of carbonyl (C=O) groups excluding carboxylic acids is 2. The molecule has 11 heteroatoms. The van der Waals surface area contributed by atoms with Crippen LogP contribution in [-0.4, -0.2) is 49.1 Å². The van der Waals surface area contributed by atoms with Crippen LogP contribution in [0.15, 0.2) is 35.1 Å². The van der Waals surface area contributed by atoms with Crippen molar-refractivity contribution < 1.29 is 14.7 Å². The van der Waals surface area contributed by atoms with Gasteiger partial charge < -0.3 is 10.4 Å². The quantitative estimate of drug-likeness (QED) is 0.544. The molecule has 2 aromatic heterocycles. The second kappa shape index (κ2) is 6.92. The monoisotopic (exact) mass is 457 g/mol. The smallest absolute Gasteiger partial charge is 0.244 e. The number of phenolic OH excluding ortho intramolecular Hbond substituents is 1. The number of nitrogens with one attached hydrogen (secondary N) is 2. The fourth-order valence-electron chi connectivity index (χ4n) is 3.35. The van der Waals surface area contributed by atoms with Crippen LogP contribution in [0.3, 0.4) is 0 Å². The number of phenols is 1. The van der Waals surface area contributed by atoms with E-state index >= 15 is 0 Å². The van der Waals surface area contributed by atoms with Crippen LogP contribution in [0, 0.1) is 0 Å². The predicted octanol–water partition coefficient (Wildman–Crippen LogP) is 1.99. The minimum absolute atomic E-state index is 0.0709. The molecule has 4 rings (SSSR count). The Morgan fingerprint density at radius 2 is 2.17 bits per heavy atom. The number of pyridine rings is 1. The summed E-state index contributed by atoms with van der Waals surface area (Å²) in [5.41, 5.74) is 1.07. The number of nitrogens with zero attached hydrogens (tertiary/aromatic N) is 5. The fourth-order valence-corrected chi connectivity index (χ4v) is 3.79. The van der Waals surface area contributed by atoms with Crippen LogP contribution in [0.1, 0.15) is 19.4 Å². The van der Waals surface area contributed by atoms with Crippen molar-refractivity contribution in [3.63, 3.8) is 0 Å². The lowest BCUT2D eigenvalue weighted by molar-refractivity contribution is -0.124. The summed E-state index contributed by atoms with van der Waals surface area (Å²) in [7, 11) is 0. The highest BCUT2D eigenvalue weighted by molar-refractivity contribution is 9.10. The molecule has 3 aromatic rings. The number of aromatic amines is 1. The number of rotatable bonds is 4. The van der Waals surface area contributed by atoms with E-state index in [1.54, 1.807) is 26.0 Å². The largest absolute Gasteiger partial charge is 0.506 e. The second-order valence-corrected chi connectivity index (χ2v) is 7.97. The van der Waals surface area contributed by atoms with E-state index in [1.807, 2.05) is 0 Å². The SMILES string of the molecule is CC1(C)C(=O)N(CC(=O)Nc2ccncc2-c2nnn[nH]2)c2c(O)cc(Br)cc21. The molecule has 0 unspecified atom stereocenters. The number of H-pyrrole nitrogens is 1. The first-order chi connectivity index (χ1) is 13.8. The van der Waals surface area contributed by atoms with Gasteiger partial charge in [-0.25, -0.2) is 5.10 Å². The third-order valence-electron chi connectivity index (χ3n) is 4.77. The Hall–Kier alpha value is -3.34. The van der Waals surface area contributed by atoms with E-state index in [4.69, 9.17) is 0 Å². The molecule has 3 N–H and O–H groups in total. The molecule has 10 nitrogen and oxygen atoms in total. The maximum Gasteiger partial charge on any atom is 0.244 e. The van der Waals surface area contributed by atoms with Gasteiger partial charge in [0.25, 0.3) is 0 Å². The number of amides is 2. The molecule has 0 atom stereocenters. The number of fused-ring (bicyclic) bond motifs is 1. The molecule has 3 heterocycles. The van der Waals surface area contributed by atoms with Gasteiger partial charge in [-0.1, -0.05) is 15.9 Å². The van der Waals surface area contributed by atoms with E-state index in [1.165, 1.54) is 23.4 Å². The van der Waals surface area contributed by atoms with Crippen LogP contribution < -0.4 is 10.2 Å². The molecule has 0 bridgehead atoms. The lowest BCUT2D eigenvalue weighted by Crippen LogP contribution is -2.40. The molecule has 1 aromatic carbocycles. The van der Waals surface area contributed by atoms with Crippen molar-refractivity contribution >= 4 is 39.1 Å². The standard InChI is InChI=1S/C18H16BrN7O3/c1-18(2)11-5-9(19)6-13(27)15(11)26(17(18)29)8-14(28)21-12-3-4-20-7-10(12)16-22-24-25-23-16/h3-7,27H,8H2,1-2H3,(H,20,21,28)(H,22,23,24,25). The molecule has 0 radical (unpaired) electrons. The molecular weight excluding hydrogens is 442 g/mol. The first-order valence-electron chi connectivity index (χ1n) is 8.62. The number of anilines is 2. The van der Waals surface area contributed by atoms with Crippen LogP contribution in [0.25, 0.3) is 11.4 Å². The third kappa shape index (κ3) is 3.23. The summed E-state index contributed by atoms with van der Waals surface area (Å²) >= 11 is 3.34. The van der Waals surface area contributed by atoms with E-state index < -0.39 is 11.3 Å². The number of carbonyl (C=O) groups is 2. The van der Waals surface area contributed by atoms with Gasteiger partial charge in [-0.05, 0) is 48.0 Å². The van der Waals surface area contributed by atoms with Crippen LogP contribution in [0.2, 0.25) is 0 Å². The molecule has 0 saturated heterocycles. The molecule has 0 saturated carbocycles. The summed E-state index contributed by atoms with van der Waals surface area (Å²) < 4.78 is 0.656. The third-order valence-corrected chi connectivity index (χ3v) is 5.23. The summed E-state index contributed by atoms with van der Waals surface area (Å²) in [5, 5.41) is 26.7. The van der Waals surface area contributed by atoms with Gasteiger partial charge in [-0.2, -0.15) is 0 Å². The number of hydrogen-bond donors (Lipinski definition) is 3. The highest BCUT2D eigenvalue weighted by Gasteiger charge is 2.46. The van der Waals surface area contributed by atoms with Gasteiger partial charge in [0.15, 0.2) is 5.82 Å². The van der Waals surface area contributed by atoms with Crippen molar-refractivity contribution in [2.45, 2.75) is 19.3 Å². The molecule has 1 aliphatic heterocycles. The topological polar surface area (TPSA) is 137 Å². The summed E-state index contributed by atoms with van der Waals surface area (Å²) in [6.07, 6.45) is 3.03. The van der Waals surface area contributed by atoms with Gasteiger partial charge in [0, 0.05) is 16.9 Å². The molecule has 148 valence electrons. The van der Waals surface area contributed by atoms with Crippen LogP contribution in [-0.2, 0) is 15.0 Å². The lowest BCUT2D eigenvalue weighted by atomic mass is 9.86. The Morgan fingerprint density at radius 1 is 1.38 bits per heavy atom. The van der Waals surface area contributed by atoms with E-state index in [-0.39, 0.29) is 18.2 Å². The molecule has 0 fully saturated rings. The van der Waals surface area contributed by atoms with Gasteiger partial charge >= 0.3 is 0 Å². The van der Waals surface area contributed by atoms with Gasteiger partial charge in [-0.15, -0.1) is 5.10 Å². The zero-order chi connectivity index (χ0) is 20.8. The molecule has 29 heavy (non-hydrogen) atoms. The number of aromatic hydroxyl groups is 1. The van der Waals surface area contributed by atoms with Crippen LogP contribution in [0.5, 0.6) is 5.75 Å². The molecule has 2 amide bonds. The number of aromatic nitrogens is 5. The maximum absolute atomic E-state index is 13.0. The van der Waals surface area contributed by atoms with Gasteiger partial charge in [-0.3, -0.25) is 19.5 Å². The zero-order valence-corrected chi connectivity index (χ0v) is 17.1. The molecule has 0 aliphatic carbocycles. The Balaban J connectivity index is 1.62. The first-order valence-corrected chi connectivity index (χ1v) is 9.41. The number of benzene rings is 1. The second-order valence-electron chi connectivity index (χ2n) is 7.06. The maximum atomic E-state index is 13.0. The Bertz CT molecular complexity index is 1110. The number of tetrazole rings is 1. The fraction of sp³-hybridized carbons (Fsp3) is 0.222. The van der Waals surface area contributed by atoms with Gasteiger partial charge in [0.1, 0.15) is 12.3 Å². The van der Waals surface area contributed by atoms with Crippen LogP contribution >= 0.6 is 15.9 Å². The average molecular weight is 458 g/mol. The minimum Gasteiger partial charge on any atom is -0.506 e. The van der Waals surface area contributed by atoms with Crippen molar-refractivity contribution in [3.8, 4) is 17.1 Å². The van der Waals surface area contributed by atoms with E-state index in [0.29, 0.717) is 32.8 Å². The molecule has 0 spiro atoms. The van der Waals surface area contributed by atoms with E-state index in [2.05, 4.69) is 46.9 Å². The summed E-state index contributed by atoms with van der Waals surface area (Å²) in [4.78, 5) is 31.0. The van der Waals surface area contributed by atoms with Crippen molar-refractivity contribution in [3.05, 3.63) is 40.6 Å². The number of hydrogen-bond acceptors (Lipinski definition) is 7. The summed E-state index contributed by atoms with van der Waals surface area (Å²) in [5.74, 6) is -0.437. The Kier molecular flexibility index (Phi) is 4.53. The zero-order valence-electron chi connectivity index (χ0n) is 15.5. The normalized spacial score (nSPS) is 14.7. The van der Waals surface area contributed by atoms with Gasteiger partial charge in [0.05, 0.1) is 22.4 Å². The molecular formula is C18H16BrN7O3.